The molecular formula is C9H8F3NO4. The number of aromatic carboxylic acids is 1. The van der Waals surface area contributed by atoms with Crippen molar-refractivity contribution in [2.75, 3.05) is 13.2 Å². The number of oxazole rings is 1. The zero-order valence-corrected chi connectivity index (χ0v) is 8.45. The highest BCUT2D eigenvalue weighted by molar-refractivity contribution is 5.85. The van der Waals surface area contributed by atoms with E-state index < -0.39 is 29.5 Å². The van der Waals surface area contributed by atoms with Crippen molar-refractivity contribution in [2.45, 2.75) is 18.5 Å². The number of nitrogens with zero attached hydrogens (tertiary/aromatic N) is 1. The molecule has 0 spiro atoms. The van der Waals surface area contributed by atoms with Crippen LogP contribution >= 0.6 is 0 Å². The van der Waals surface area contributed by atoms with Crippen molar-refractivity contribution in [1.29, 1.82) is 0 Å². The number of alkyl halides is 3. The summed E-state index contributed by atoms with van der Waals surface area (Å²) in [7, 11) is 0. The molecular weight excluding hydrogens is 243 g/mol. The van der Waals surface area contributed by atoms with E-state index in [0.29, 0.717) is 13.0 Å². The number of carbonyl (C=O) groups is 1. The van der Waals surface area contributed by atoms with Gasteiger partial charge in [-0.2, -0.15) is 13.2 Å². The molecule has 0 aliphatic carbocycles. The molecule has 2 heterocycles. The SMILES string of the molecule is O=C(O)c1oc(C2CCOC2)nc1C(F)(F)F. The van der Waals surface area contributed by atoms with Crippen LogP contribution in [0.2, 0.25) is 0 Å². The highest BCUT2D eigenvalue weighted by atomic mass is 19.4. The van der Waals surface area contributed by atoms with E-state index in [0.717, 1.165) is 0 Å². The average Bonchev–Trinajstić information content (AvgIpc) is 2.85. The van der Waals surface area contributed by atoms with E-state index in [1.807, 2.05) is 0 Å². The first-order valence-electron chi connectivity index (χ1n) is 4.78. The van der Waals surface area contributed by atoms with Crippen molar-refractivity contribution in [3.8, 4) is 0 Å². The number of hydrogen-bond acceptors (Lipinski definition) is 4. The molecule has 1 atom stereocenters. The third kappa shape index (κ3) is 2.26. The molecule has 8 heteroatoms. The summed E-state index contributed by atoms with van der Waals surface area (Å²) in [6, 6.07) is 0. The summed E-state index contributed by atoms with van der Waals surface area (Å²) in [6.07, 6.45) is -4.37. The van der Waals surface area contributed by atoms with Gasteiger partial charge in [0.15, 0.2) is 5.69 Å². The van der Waals surface area contributed by atoms with Crippen LogP contribution in [0.5, 0.6) is 0 Å². The number of rotatable bonds is 2. The fourth-order valence-electron chi connectivity index (χ4n) is 1.58. The predicted octanol–water partition coefficient (Wildman–Crippen LogP) is 1.90. The largest absolute Gasteiger partial charge is 0.475 e. The Balaban J connectivity index is 2.40. The number of halogens is 3. The van der Waals surface area contributed by atoms with Crippen molar-refractivity contribution in [2.24, 2.45) is 0 Å². The summed E-state index contributed by atoms with van der Waals surface area (Å²) in [4.78, 5) is 13.9. The molecule has 2 rings (SSSR count). The number of ether oxygens (including phenoxy) is 1. The Bertz CT molecular complexity index is 434. The molecule has 94 valence electrons. The highest BCUT2D eigenvalue weighted by Crippen LogP contribution is 2.34. The van der Waals surface area contributed by atoms with Gasteiger partial charge in [0.2, 0.25) is 11.7 Å². The second kappa shape index (κ2) is 4.02. The molecule has 0 amide bonds. The van der Waals surface area contributed by atoms with Crippen LogP contribution in [-0.2, 0) is 10.9 Å². The summed E-state index contributed by atoms with van der Waals surface area (Å²) in [5.41, 5.74) is -1.49. The Labute approximate surface area is 93.2 Å². The maximum atomic E-state index is 12.5. The summed E-state index contributed by atoms with van der Waals surface area (Å²) in [5.74, 6) is -3.59. The molecule has 5 nitrogen and oxygen atoms in total. The number of hydrogen-bond donors (Lipinski definition) is 1. The van der Waals surface area contributed by atoms with Gasteiger partial charge in [0.05, 0.1) is 12.5 Å². The van der Waals surface area contributed by atoms with Crippen molar-refractivity contribution >= 4 is 5.97 Å². The first-order valence-corrected chi connectivity index (χ1v) is 4.78. The van der Waals surface area contributed by atoms with Crippen molar-refractivity contribution in [3.05, 3.63) is 17.3 Å². The van der Waals surface area contributed by atoms with Crippen LogP contribution in [0.15, 0.2) is 4.42 Å². The van der Waals surface area contributed by atoms with E-state index in [-0.39, 0.29) is 12.5 Å². The van der Waals surface area contributed by atoms with Gasteiger partial charge in [0.1, 0.15) is 0 Å². The number of carboxylic acid groups (broad SMARTS) is 1. The standard InChI is InChI=1S/C9H8F3NO4/c10-9(11,12)6-5(8(14)15)17-7(13-6)4-1-2-16-3-4/h4H,1-3H2,(H,14,15). The van der Waals surface area contributed by atoms with E-state index in [1.54, 1.807) is 0 Å². The zero-order valence-electron chi connectivity index (χ0n) is 8.45. The lowest BCUT2D eigenvalue weighted by Crippen LogP contribution is -2.12. The molecule has 0 aromatic carbocycles. The van der Waals surface area contributed by atoms with Gasteiger partial charge in [-0.05, 0) is 6.42 Å². The average molecular weight is 251 g/mol. The Hall–Kier alpha value is -1.57. The highest BCUT2D eigenvalue weighted by Gasteiger charge is 2.42. The predicted molar refractivity (Wildman–Crippen MR) is 46.6 cm³/mol. The second-order valence-corrected chi connectivity index (χ2v) is 3.59. The van der Waals surface area contributed by atoms with Crippen LogP contribution in [-0.4, -0.2) is 29.3 Å². The lowest BCUT2D eigenvalue weighted by Gasteiger charge is -2.01. The Morgan fingerprint density at radius 3 is 2.59 bits per heavy atom. The lowest BCUT2D eigenvalue weighted by atomic mass is 10.1. The minimum Gasteiger partial charge on any atom is -0.475 e. The van der Waals surface area contributed by atoms with Gasteiger partial charge in [-0.25, -0.2) is 9.78 Å². The summed E-state index contributed by atoms with van der Waals surface area (Å²) < 4.78 is 47.1. The summed E-state index contributed by atoms with van der Waals surface area (Å²) in [5, 5.41) is 8.62. The third-order valence-corrected chi connectivity index (χ3v) is 2.39. The van der Waals surface area contributed by atoms with E-state index in [4.69, 9.17) is 9.84 Å². The molecule has 1 unspecified atom stereocenters. The first-order chi connectivity index (χ1) is 7.89. The Morgan fingerprint density at radius 2 is 2.18 bits per heavy atom. The molecule has 1 aliphatic heterocycles. The molecule has 1 aliphatic rings. The third-order valence-electron chi connectivity index (χ3n) is 2.39. The van der Waals surface area contributed by atoms with Gasteiger partial charge >= 0.3 is 12.1 Å². The van der Waals surface area contributed by atoms with Crippen LogP contribution in [0, 0.1) is 0 Å². The molecule has 0 radical (unpaired) electrons. The molecule has 1 N–H and O–H groups in total. The second-order valence-electron chi connectivity index (χ2n) is 3.59. The zero-order chi connectivity index (χ0) is 12.6. The van der Waals surface area contributed by atoms with Crippen LogP contribution in [0.3, 0.4) is 0 Å². The van der Waals surface area contributed by atoms with E-state index in [9.17, 15) is 18.0 Å². The number of aromatic nitrogens is 1. The maximum Gasteiger partial charge on any atom is 0.437 e. The first kappa shape index (κ1) is 11.9. The van der Waals surface area contributed by atoms with E-state index in [1.165, 1.54) is 0 Å². The molecule has 1 aromatic heterocycles. The quantitative estimate of drug-likeness (QED) is 0.868. The minimum atomic E-state index is -4.84. The van der Waals surface area contributed by atoms with Gasteiger partial charge in [-0.3, -0.25) is 0 Å². The van der Waals surface area contributed by atoms with Crippen LogP contribution < -0.4 is 0 Å². The van der Waals surface area contributed by atoms with Gasteiger partial charge in [0.25, 0.3) is 0 Å². The number of carboxylic acids is 1. The molecule has 0 saturated carbocycles. The fourth-order valence-corrected chi connectivity index (χ4v) is 1.58. The fraction of sp³-hybridized carbons (Fsp3) is 0.556. The normalized spacial score (nSPS) is 20.8. The van der Waals surface area contributed by atoms with Gasteiger partial charge in [-0.15, -0.1) is 0 Å². The van der Waals surface area contributed by atoms with Gasteiger partial charge < -0.3 is 14.3 Å². The van der Waals surface area contributed by atoms with Crippen molar-refractivity contribution < 1.29 is 32.2 Å². The van der Waals surface area contributed by atoms with Crippen LogP contribution in [0.4, 0.5) is 13.2 Å². The molecule has 17 heavy (non-hydrogen) atoms. The molecule has 1 saturated heterocycles. The van der Waals surface area contributed by atoms with Gasteiger partial charge in [-0.1, -0.05) is 0 Å². The van der Waals surface area contributed by atoms with Crippen LogP contribution in [0.25, 0.3) is 0 Å². The van der Waals surface area contributed by atoms with Crippen LogP contribution in [0.1, 0.15) is 34.5 Å². The van der Waals surface area contributed by atoms with E-state index >= 15 is 0 Å². The molecule has 1 aromatic rings. The topological polar surface area (TPSA) is 72.6 Å². The summed E-state index contributed by atoms with van der Waals surface area (Å²) in [6.45, 7) is 0.591. The minimum absolute atomic E-state index is 0.191. The van der Waals surface area contributed by atoms with Crippen molar-refractivity contribution in [3.63, 3.8) is 0 Å². The lowest BCUT2D eigenvalue weighted by molar-refractivity contribution is -0.141. The smallest absolute Gasteiger partial charge is 0.437 e. The summed E-state index contributed by atoms with van der Waals surface area (Å²) >= 11 is 0. The van der Waals surface area contributed by atoms with Crippen molar-refractivity contribution in [1.82, 2.24) is 4.98 Å². The molecule has 1 fully saturated rings. The Kier molecular flexibility index (Phi) is 2.82. The maximum absolute atomic E-state index is 12.5. The van der Waals surface area contributed by atoms with Gasteiger partial charge in [0, 0.05) is 6.61 Å². The molecule has 0 bridgehead atoms. The Morgan fingerprint density at radius 1 is 1.47 bits per heavy atom. The van der Waals surface area contributed by atoms with E-state index in [2.05, 4.69) is 9.40 Å². The monoisotopic (exact) mass is 251 g/mol.